The lowest BCUT2D eigenvalue weighted by Crippen LogP contribution is -2.21. The van der Waals surface area contributed by atoms with E-state index >= 15 is 0 Å². The zero-order chi connectivity index (χ0) is 9.52. The van der Waals surface area contributed by atoms with Crippen LogP contribution in [0.25, 0.3) is 0 Å². The largest absolute Gasteiger partial charge is 0.367 e. The summed E-state index contributed by atoms with van der Waals surface area (Å²) in [7, 11) is 2.05. The van der Waals surface area contributed by atoms with Gasteiger partial charge in [0, 0.05) is 31.9 Å². The molecule has 1 N–H and O–H groups in total. The summed E-state index contributed by atoms with van der Waals surface area (Å²) < 4.78 is 0. The molecule has 3 nitrogen and oxygen atoms in total. The number of nitrogens with zero attached hydrogens (tertiary/aromatic N) is 2. The van der Waals surface area contributed by atoms with E-state index < -0.39 is 0 Å². The average Bonchev–Trinajstić information content (AvgIpc) is 2.64. The Morgan fingerprint density at radius 1 is 1.54 bits per heavy atom. The standard InChI is InChI=1S/C10H15N3/c1-13(7-2-5-11)8-4-10-3-6-12-9-10/h3,6,9,12H,2,4,7-8H2,1H3. The molecule has 0 atom stereocenters. The Balaban J connectivity index is 2.16. The van der Waals surface area contributed by atoms with Gasteiger partial charge in [0.15, 0.2) is 0 Å². The number of rotatable bonds is 5. The summed E-state index contributed by atoms with van der Waals surface area (Å²) >= 11 is 0. The topological polar surface area (TPSA) is 42.8 Å². The maximum Gasteiger partial charge on any atom is 0.0635 e. The van der Waals surface area contributed by atoms with Crippen molar-refractivity contribution in [3.63, 3.8) is 0 Å². The highest BCUT2D eigenvalue weighted by molar-refractivity contribution is 5.08. The summed E-state index contributed by atoms with van der Waals surface area (Å²) in [4.78, 5) is 5.20. The van der Waals surface area contributed by atoms with Gasteiger partial charge in [-0.25, -0.2) is 0 Å². The molecule has 0 amide bonds. The Morgan fingerprint density at radius 3 is 3.00 bits per heavy atom. The molecule has 3 heteroatoms. The van der Waals surface area contributed by atoms with Crippen LogP contribution in [0, 0.1) is 11.3 Å². The Hall–Kier alpha value is -1.27. The van der Waals surface area contributed by atoms with Crippen LogP contribution in [0.2, 0.25) is 0 Å². The molecule has 1 aromatic heterocycles. The van der Waals surface area contributed by atoms with Crippen LogP contribution in [0.5, 0.6) is 0 Å². The second-order valence-electron chi connectivity index (χ2n) is 3.18. The van der Waals surface area contributed by atoms with Gasteiger partial charge in [0.05, 0.1) is 6.07 Å². The first kappa shape index (κ1) is 9.82. The van der Waals surface area contributed by atoms with E-state index in [2.05, 4.69) is 22.0 Å². The molecule has 0 fully saturated rings. The molecule has 0 unspecified atom stereocenters. The maximum absolute atomic E-state index is 8.39. The number of hydrogen-bond acceptors (Lipinski definition) is 2. The fourth-order valence-corrected chi connectivity index (χ4v) is 1.19. The van der Waals surface area contributed by atoms with Gasteiger partial charge < -0.3 is 9.88 Å². The van der Waals surface area contributed by atoms with Crippen molar-refractivity contribution in [1.29, 1.82) is 5.26 Å². The molecule has 0 bridgehead atoms. The molecule has 1 heterocycles. The van der Waals surface area contributed by atoms with Crippen molar-refractivity contribution in [3.8, 4) is 6.07 Å². The fraction of sp³-hybridized carbons (Fsp3) is 0.500. The van der Waals surface area contributed by atoms with E-state index in [-0.39, 0.29) is 0 Å². The summed E-state index contributed by atoms with van der Waals surface area (Å²) in [5, 5.41) is 8.39. The van der Waals surface area contributed by atoms with E-state index in [1.807, 2.05) is 19.4 Å². The molecular weight excluding hydrogens is 162 g/mol. The summed E-state index contributed by atoms with van der Waals surface area (Å²) in [5.41, 5.74) is 1.32. The van der Waals surface area contributed by atoms with Crippen LogP contribution >= 0.6 is 0 Å². The molecule has 0 saturated carbocycles. The van der Waals surface area contributed by atoms with Gasteiger partial charge in [-0.15, -0.1) is 0 Å². The first-order chi connectivity index (χ1) is 6.33. The number of aromatic amines is 1. The molecule has 0 aliphatic heterocycles. The van der Waals surface area contributed by atoms with Crippen molar-refractivity contribution in [1.82, 2.24) is 9.88 Å². The van der Waals surface area contributed by atoms with E-state index in [1.54, 1.807) is 0 Å². The highest BCUT2D eigenvalue weighted by Gasteiger charge is 1.98. The van der Waals surface area contributed by atoms with E-state index in [0.29, 0.717) is 6.42 Å². The predicted octanol–water partition coefficient (Wildman–Crippen LogP) is 1.40. The quantitative estimate of drug-likeness (QED) is 0.738. The lowest BCUT2D eigenvalue weighted by molar-refractivity contribution is 0.347. The van der Waals surface area contributed by atoms with Crippen molar-refractivity contribution in [2.24, 2.45) is 0 Å². The first-order valence-corrected chi connectivity index (χ1v) is 4.50. The zero-order valence-corrected chi connectivity index (χ0v) is 7.95. The van der Waals surface area contributed by atoms with Crippen molar-refractivity contribution < 1.29 is 0 Å². The van der Waals surface area contributed by atoms with E-state index in [9.17, 15) is 0 Å². The van der Waals surface area contributed by atoms with Crippen LogP contribution in [-0.4, -0.2) is 30.0 Å². The Morgan fingerprint density at radius 2 is 2.38 bits per heavy atom. The van der Waals surface area contributed by atoms with Crippen LogP contribution in [0.15, 0.2) is 18.5 Å². The van der Waals surface area contributed by atoms with Gasteiger partial charge in [-0.3, -0.25) is 0 Å². The maximum atomic E-state index is 8.39. The minimum absolute atomic E-state index is 0.615. The van der Waals surface area contributed by atoms with Gasteiger partial charge in [0.1, 0.15) is 0 Å². The molecule has 0 radical (unpaired) electrons. The molecular formula is C10H15N3. The van der Waals surface area contributed by atoms with Gasteiger partial charge in [-0.2, -0.15) is 5.26 Å². The van der Waals surface area contributed by atoms with E-state index in [0.717, 1.165) is 19.5 Å². The molecule has 0 aliphatic rings. The molecule has 0 spiro atoms. The Bertz CT molecular complexity index is 258. The number of aromatic nitrogens is 1. The lowest BCUT2D eigenvalue weighted by Gasteiger charge is -2.13. The highest BCUT2D eigenvalue weighted by Crippen LogP contribution is 1.99. The Labute approximate surface area is 79.0 Å². The minimum atomic E-state index is 0.615. The van der Waals surface area contributed by atoms with Gasteiger partial charge in [0.2, 0.25) is 0 Å². The summed E-state index contributed by atoms with van der Waals surface area (Å²) in [6.45, 7) is 1.88. The van der Waals surface area contributed by atoms with Crippen molar-refractivity contribution in [2.75, 3.05) is 20.1 Å². The van der Waals surface area contributed by atoms with Crippen molar-refractivity contribution in [3.05, 3.63) is 24.0 Å². The number of hydrogen-bond donors (Lipinski definition) is 1. The van der Waals surface area contributed by atoms with Crippen LogP contribution in [0.4, 0.5) is 0 Å². The van der Waals surface area contributed by atoms with Crippen molar-refractivity contribution in [2.45, 2.75) is 12.8 Å². The molecule has 13 heavy (non-hydrogen) atoms. The van der Waals surface area contributed by atoms with Gasteiger partial charge >= 0.3 is 0 Å². The number of H-pyrrole nitrogens is 1. The van der Waals surface area contributed by atoms with Gasteiger partial charge in [-0.05, 0) is 25.1 Å². The van der Waals surface area contributed by atoms with Crippen LogP contribution in [0.3, 0.4) is 0 Å². The molecule has 0 saturated heterocycles. The predicted molar refractivity (Wildman–Crippen MR) is 52.2 cm³/mol. The van der Waals surface area contributed by atoms with Crippen LogP contribution < -0.4 is 0 Å². The number of nitrogens with one attached hydrogen (secondary N) is 1. The molecule has 1 aromatic rings. The third-order valence-corrected chi connectivity index (χ3v) is 2.05. The summed E-state index contributed by atoms with van der Waals surface area (Å²) in [6.07, 6.45) is 5.61. The summed E-state index contributed by atoms with van der Waals surface area (Å²) in [6, 6.07) is 4.23. The second kappa shape index (κ2) is 5.39. The SMILES string of the molecule is CN(CCC#N)CCc1cc[nH]c1. The molecule has 70 valence electrons. The zero-order valence-electron chi connectivity index (χ0n) is 7.95. The monoisotopic (exact) mass is 177 g/mol. The second-order valence-corrected chi connectivity index (χ2v) is 3.18. The minimum Gasteiger partial charge on any atom is -0.367 e. The van der Waals surface area contributed by atoms with Crippen LogP contribution in [0.1, 0.15) is 12.0 Å². The third-order valence-electron chi connectivity index (χ3n) is 2.05. The lowest BCUT2D eigenvalue weighted by atomic mass is 10.2. The summed E-state index contributed by atoms with van der Waals surface area (Å²) in [5.74, 6) is 0. The van der Waals surface area contributed by atoms with Gasteiger partial charge in [0.25, 0.3) is 0 Å². The smallest absolute Gasteiger partial charge is 0.0635 e. The van der Waals surface area contributed by atoms with Crippen LogP contribution in [-0.2, 0) is 6.42 Å². The molecule has 0 aromatic carbocycles. The number of likely N-dealkylation sites (N-methyl/N-ethyl adjacent to an activating group) is 1. The normalized spacial score (nSPS) is 10.2. The third kappa shape index (κ3) is 3.77. The van der Waals surface area contributed by atoms with E-state index in [1.165, 1.54) is 5.56 Å². The van der Waals surface area contributed by atoms with Gasteiger partial charge in [-0.1, -0.05) is 0 Å². The Kier molecular flexibility index (Phi) is 4.07. The van der Waals surface area contributed by atoms with E-state index in [4.69, 9.17) is 5.26 Å². The van der Waals surface area contributed by atoms with Crippen molar-refractivity contribution >= 4 is 0 Å². The first-order valence-electron chi connectivity index (χ1n) is 4.50. The fourth-order valence-electron chi connectivity index (χ4n) is 1.19. The average molecular weight is 177 g/mol. The molecule has 1 rings (SSSR count). The molecule has 0 aliphatic carbocycles. The number of nitriles is 1. The highest BCUT2D eigenvalue weighted by atomic mass is 15.1.